The molecular formula is C14H20N4O2S. The molecular weight excluding hydrogens is 288 g/mol. The van der Waals surface area contributed by atoms with Crippen molar-refractivity contribution in [2.75, 3.05) is 25.6 Å². The average molecular weight is 308 g/mol. The second-order valence-corrected chi connectivity index (χ2v) is 5.94. The highest BCUT2D eigenvalue weighted by Gasteiger charge is 2.08. The molecule has 0 amide bonds. The number of thiazole rings is 1. The van der Waals surface area contributed by atoms with Crippen LogP contribution in [0.15, 0.2) is 22.3 Å². The summed E-state index contributed by atoms with van der Waals surface area (Å²) in [5.74, 6) is 0.562. The van der Waals surface area contributed by atoms with Gasteiger partial charge in [-0.1, -0.05) is 13.8 Å². The Labute approximate surface area is 127 Å². The minimum atomic E-state index is -0.135. The summed E-state index contributed by atoms with van der Waals surface area (Å²) in [5, 5.41) is 10.4. The molecule has 0 spiro atoms. The van der Waals surface area contributed by atoms with Gasteiger partial charge in [0, 0.05) is 25.1 Å². The number of anilines is 1. The first-order chi connectivity index (χ1) is 10.1. The first-order valence-electron chi connectivity index (χ1n) is 6.87. The maximum atomic E-state index is 11.7. The van der Waals surface area contributed by atoms with Gasteiger partial charge < -0.3 is 10.1 Å². The topological polar surface area (TPSA) is 69.0 Å². The zero-order valence-corrected chi connectivity index (χ0v) is 13.3. The van der Waals surface area contributed by atoms with Crippen LogP contribution >= 0.6 is 11.3 Å². The van der Waals surface area contributed by atoms with Crippen LogP contribution in [0, 0.1) is 5.92 Å². The summed E-state index contributed by atoms with van der Waals surface area (Å²) in [6.07, 6.45) is 0. The lowest BCUT2D eigenvalue weighted by Crippen LogP contribution is -2.24. The number of hydrogen-bond donors (Lipinski definition) is 1. The Balaban J connectivity index is 2.16. The molecule has 6 nitrogen and oxygen atoms in total. The van der Waals surface area contributed by atoms with Gasteiger partial charge in [0.05, 0.1) is 13.2 Å². The summed E-state index contributed by atoms with van der Waals surface area (Å²) < 4.78 is 6.38. The van der Waals surface area contributed by atoms with E-state index in [1.165, 1.54) is 22.1 Å². The number of methoxy groups -OCH3 is 1. The zero-order chi connectivity index (χ0) is 15.2. The molecule has 1 N–H and O–H groups in total. The number of nitrogens with zero attached hydrogens (tertiary/aromatic N) is 3. The van der Waals surface area contributed by atoms with Crippen molar-refractivity contribution >= 4 is 16.5 Å². The Bertz CT molecular complexity index is 636. The minimum absolute atomic E-state index is 0.135. The van der Waals surface area contributed by atoms with E-state index in [1.54, 1.807) is 13.2 Å². The third-order valence-electron chi connectivity index (χ3n) is 2.80. The summed E-state index contributed by atoms with van der Waals surface area (Å²) in [5.41, 5.74) is 1.33. The molecule has 0 radical (unpaired) electrons. The molecule has 0 unspecified atom stereocenters. The van der Waals surface area contributed by atoms with Gasteiger partial charge in [-0.25, -0.2) is 9.67 Å². The highest BCUT2D eigenvalue weighted by Crippen LogP contribution is 2.22. The van der Waals surface area contributed by atoms with Gasteiger partial charge in [0.25, 0.3) is 5.56 Å². The summed E-state index contributed by atoms with van der Waals surface area (Å²) >= 11 is 1.54. The molecule has 0 aliphatic carbocycles. The second kappa shape index (κ2) is 7.33. The maximum Gasteiger partial charge on any atom is 0.266 e. The van der Waals surface area contributed by atoms with Gasteiger partial charge in [-0.05, 0) is 12.0 Å². The van der Waals surface area contributed by atoms with Gasteiger partial charge in [-0.3, -0.25) is 4.79 Å². The number of aromatic nitrogens is 3. The molecule has 21 heavy (non-hydrogen) atoms. The smallest absolute Gasteiger partial charge is 0.266 e. The summed E-state index contributed by atoms with van der Waals surface area (Å²) in [6.45, 7) is 6.07. The van der Waals surface area contributed by atoms with E-state index in [0.29, 0.717) is 24.8 Å². The van der Waals surface area contributed by atoms with E-state index in [-0.39, 0.29) is 5.56 Å². The van der Waals surface area contributed by atoms with E-state index in [4.69, 9.17) is 4.74 Å². The molecule has 114 valence electrons. The Morgan fingerprint density at radius 2 is 2.19 bits per heavy atom. The van der Waals surface area contributed by atoms with Gasteiger partial charge in [0.1, 0.15) is 11.4 Å². The fourth-order valence-corrected chi connectivity index (χ4v) is 2.40. The predicted molar refractivity (Wildman–Crippen MR) is 84.8 cm³/mol. The number of ether oxygens (including phenoxy) is 1. The van der Waals surface area contributed by atoms with E-state index in [1.807, 2.05) is 5.38 Å². The summed E-state index contributed by atoms with van der Waals surface area (Å²) in [4.78, 5) is 16.2. The van der Waals surface area contributed by atoms with Gasteiger partial charge in [-0.2, -0.15) is 5.10 Å². The van der Waals surface area contributed by atoms with Crippen LogP contribution in [0.1, 0.15) is 13.8 Å². The number of nitrogens with one attached hydrogen (secondary N) is 1. The quantitative estimate of drug-likeness (QED) is 0.848. The Kier molecular flexibility index (Phi) is 5.46. The molecule has 2 heterocycles. The average Bonchev–Trinajstić information content (AvgIpc) is 2.93. The zero-order valence-electron chi connectivity index (χ0n) is 12.5. The fraction of sp³-hybridized carbons (Fsp3) is 0.500. The SMILES string of the molecule is COCCn1nc(-c2csc(NCC(C)C)n2)ccc1=O. The molecule has 0 saturated heterocycles. The van der Waals surface area contributed by atoms with Gasteiger partial charge in [-0.15, -0.1) is 11.3 Å². The van der Waals surface area contributed by atoms with E-state index in [0.717, 1.165) is 17.4 Å². The van der Waals surface area contributed by atoms with Crippen LogP contribution < -0.4 is 10.9 Å². The Hall–Kier alpha value is -1.73. The highest BCUT2D eigenvalue weighted by atomic mass is 32.1. The van der Waals surface area contributed by atoms with E-state index in [9.17, 15) is 4.79 Å². The molecule has 2 aromatic heterocycles. The first-order valence-corrected chi connectivity index (χ1v) is 7.75. The minimum Gasteiger partial charge on any atom is -0.383 e. The van der Waals surface area contributed by atoms with Gasteiger partial charge in [0.15, 0.2) is 5.13 Å². The van der Waals surface area contributed by atoms with Crippen LogP contribution in [0.4, 0.5) is 5.13 Å². The van der Waals surface area contributed by atoms with Crippen molar-refractivity contribution in [1.29, 1.82) is 0 Å². The summed E-state index contributed by atoms with van der Waals surface area (Å²) in [6, 6.07) is 3.21. The van der Waals surface area contributed by atoms with Gasteiger partial charge >= 0.3 is 0 Å². The lowest BCUT2D eigenvalue weighted by molar-refractivity contribution is 0.182. The third kappa shape index (κ3) is 4.37. The van der Waals surface area contributed by atoms with Crippen molar-refractivity contribution in [2.24, 2.45) is 5.92 Å². The van der Waals surface area contributed by atoms with Crippen molar-refractivity contribution in [3.63, 3.8) is 0 Å². The van der Waals surface area contributed by atoms with Crippen molar-refractivity contribution < 1.29 is 4.74 Å². The van der Waals surface area contributed by atoms with E-state index < -0.39 is 0 Å². The van der Waals surface area contributed by atoms with Crippen molar-refractivity contribution in [1.82, 2.24) is 14.8 Å². The van der Waals surface area contributed by atoms with Crippen LogP contribution in [0.3, 0.4) is 0 Å². The molecule has 2 aromatic rings. The number of rotatable bonds is 7. The van der Waals surface area contributed by atoms with Crippen LogP contribution in [-0.4, -0.2) is 35.0 Å². The van der Waals surface area contributed by atoms with Crippen LogP contribution in [0.25, 0.3) is 11.4 Å². The molecule has 2 rings (SSSR count). The van der Waals surface area contributed by atoms with Crippen molar-refractivity contribution in [2.45, 2.75) is 20.4 Å². The molecule has 0 fully saturated rings. The van der Waals surface area contributed by atoms with Crippen LogP contribution in [-0.2, 0) is 11.3 Å². The monoisotopic (exact) mass is 308 g/mol. The van der Waals surface area contributed by atoms with Crippen LogP contribution in [0.5, 0.6) is 0 Å². The molecule has 0 aliphatic rings. The number of hydrogen-bond acceptors (Lipinski definition) is 6. The highest BCUT2D eigenvalue weighted by molar-refractivity contribution is 7.14. The lowest BCUT2D eigenvalue weighted by atomic mass is 10.2. The third-order valence-corrected chi connectivity index (χ3v) is 3.60. The molecule has 0 aromatic carbocycles. The second-order valence-electron chi connectivity index (χ2n) is 5.09. The largest absolute Gasteiger partial charge is 0.383 e. The first kappa shape index (κ1) is 15.7. The van der Waals surface area contributed by atoms with Crippen molar-refractivity contribution in [3.8, 4) is 11.4 Å². The predicted octanol–water partition coefficient (Wildman–Crippen LogP) is 2.08. The molecule has 0 aliphatic heterocycles. The Morgan fingerprint density at radius 1 is 1.38 bits per heavy atom. The fourth-order valence-electron chi connectivity index (χ4n) is 1.69. The molecule has 0 atom stereocenters. The summed E-state index contributed by atoms with van der Waals surface area (Å²) in [7, 11) is 1.60. The molecule has 0 saturated carbocycles. The molecule has 0 bridgehead atoms. The van der Waals surface area contributed by atoms with Crippen LogP contribution in [0.2, 0.25) is 0 Å². The lowest BCUT2D eigenvalue weighted by Gasteiger charge is -2.05. The maximum absolute atomic E-state index is 11.7. The van der Waals surface area contributed by atoms with Gasteiger partial charge in [0.2, 0.25) is 0 Å². The van der Waals surface area contributed by atoms with Crippen molar-refractivity contribution in [3.05, 3.63) is 27.9 Å². The van der Waals surface area contributed by atoms with E-state index in [2.05, 4.69) is 29.2 Å². The standard InChI is InChI=1S/C14H20N4O2S/c1-10(2)8-15-14-16-12(9-21-14)11-4-5-13(19)18(17-11)6-7-20-3/h4-5,9-10H,6-8H2,1-3H3,(H,15,16). The Morgan fingerprint density at radius 3 is 2.90 bits per heavy atom. The van der Waals surface area contributed by atoms with E-state index >= 15 is 0 Å². The molecule has 7 heteroatoms. The normalized spacial score (nSPS) is 11.0.